The van der Waals surface area contributed by atoms with Crippen molar-refractivity contribution >= 4 is 34.3 Å². The van der Waals surface area contributed by atoms with E-state index in [0.717, 1.165) is 10.8 Å². The minimum Gasteiger partial charge on any atom is -0.298 e. The molecule has 0 fully saturated rings. The number of hydrogen-bond donors (Lipinski definition) is 2. The number of hydrogen-bond acceptors (Lipinski definition) is 4. The van der Waals surface area contributed by atoms with Crippen LogP contribution < -0.4 is 0 Å². The van der Waals surface area contributed by atoms with Gasteiger partial charge in [-0.25, -0.2) is 0 Å². The van der Waals surface area contributed by atoms with Crippen LogP contribution in [0.5, 0.6) is 0 Å². The zero-order valence-corrected chi connectivity index (χ0v) is 9.44. The van der Waals surface area contributed by atoms with E-state index in [2.05, 4.69) is 0 Å². The number of Topliss-reactive ketones (excluding diaryl/α,β-unsaturated/α-hetero) is 1. The molecule has 0 spiro atoms. The normalized spacial score (nSPS) is 10.0. The third kappa shape index (κ3) is 1.96. The summed E-state index contributed by atoms with van der Waals surface area (Å²) in [5.41, 5.74) is -0.335. The Hall–Kier alpha value is -2.62. The van der Waals surface area contributed by atoms with Gasteiger partial charge in [-0.3, -0.25) is 20.4 Å². The van der Waals surface area contributed by atoms with Crippen molar-refractivity contribution in [3.8, 4) is 0 Å². The molecule has 2 rings (SSSR count). The first-order valence-electron chi connectivity index (χ1n) is 5.30. The Balaban J connectivity index is 2.55. The van der Waals surface area contributed by atoms with Gasteiger partial charge in [0.15, 0.2) is 6.29 Å². The van der Waals surface area contributed by atoms with Crippen LogP contribution in [0.3, 0.4) is 0 Å². The summed E-state index contributed by atoms with van der Waals surface area (Å²) >= 11 is 0. The topological polar surface area (TPSA) is 81.8 Å². The molecule has 0 saturated heterocycles. The van der Waals surface area contributed by atoms with E-state index in [1.807, 2.05) is 30.3 Å². The zero-order valence-electron chi connectivity index (χ0n) is 9.44. The molecular formula is C14H10N2O2. The van der Waals surface area contributed by atoms with Crippen molar-refractivity contribution in [1.29, 1.82) is 10.8 Å². The highest BCUT2D eigenvalue weighted by Gasteiger charge is 2.17. The number of fused-ring (bicyclic) bond motifs is 1. The second kappa shape index (κ2) is 4.71. The minimum atomic E-state index is -0.979. The minimum absolute atomic E-state index is 0.0575. The van der Waals surface area contributed by atoms with E-state index >= 15 is 0 Å². The van der Waals surface area contributed by atoms with Gasteiger partial charge in [0.2, 0.25) is 5.78 Å². The Morgan fingerprint density at radius 1 is 1.00 bits per heavy atom. The summed E-state index contributed by atoms with van der Waals surface area (Å²) in [4.78, 5) is 21.5. The Labute approximate surface area is 103 Å². The molecule has 2 aromatic carbocycles. The van der Waals surface area contributed by atoms with Crippen LogP contribution in [0.25, 0.3) is 10.8 Å². The van der Waals surface area contributed by atoms with Crippen molar-refractivity contribution < 1.29 is 9.59 Å². The zero-order chi connectivity index (χ0) is 13.1. The van der Waals surface area contributed by atoms with Gasteiger partial charge in [0, 0.05) is 5.56 Å². The van der Waals surface area contributed by atoms with Crippen LogP contribution in [0.2, 0.25) is 0 Å². The Morgan fingerprint density at radius 2 is 1.67 bits per heavy atom. The van der Waals surface area contributed by atoms with E-state index in [0.29, 0.717) is 5.56 Å². The van der Waals surface area contributed by atoms with Crippen molar-refractivity contribution in [2.45, 2.75) is 0 Å². The predicted molar refractivity (Wildman–Crippen MR) is 69.6 cm³/mol. The van der Waals surface area contributed by atoms with E-state index in [-0.39, 0.29) is 12.0 Å². The standard InChI is InChI=1S/C14H10N2O2/c15-13(14(16)12(18)8-17)11-7-3-5-9-4-1-2-6-10(9)11/h1-8,15-16H. The lowest BCUT2D eigenvalue weighted by Crippen LogP contribution is -2.24. The third-order valence-electron chi connectivity index (χ3n) is 2.66. The number of carbonyl (C=O) groups is 2. The highest BCUT2D eigenvalue weighted by Crippen LogP contribution is 2.19. The van der Waals surface area contributed by atoms with Crippen LogP contribution >= 0.6 is 0 Å². The van der Waals surface area contributed by atoms with Crippen molar-refractivity contribution in [2.75, 3.05) is 0 Å². The number of rotatable bonds is 4. The van der Waals surface area contributed by atoms with Crippen LogP contribution in [0.15, 0.2) is 42.5 Å². The van der Waals surface area contributed by atoms with Crippen LogP contribution in [-0.2, 0) is 9.59 Å². The van der Waals surface area contributed by atoms with E-state index in [4.69, 9.17) is 10.8 Å². The molecule has 0 aromatic heterocycles. The Bertz CT molecular complexity index is 669. The molecule has 88 valence electrons. The van der Waals surface area contributed by atoms with Crippen LogP contribution in [0.4, 0.5) is 0 Å². The first-order chi connectivity index (χ1) is 8.65. The fraction of sp³-hybridized carbons (Fsp3) is 0. The molecule has 0 amide bonds. The molecule has 0 heterocycles. The van der Waals surface area contributed by atoms with E-state index in [1.54, 1.807) is 12.1 Å². The summed E-state index contributed by atoms with van der Waals surface area (Å²) in [6.45, 7) is 0. The van der Waals surface area contributed by atoms with Crippen LogP contribution in [-0.4, -0.2) is 23.5 Å². The van der Waals surface area contributed by atoms with E-state index < -0.39 is 11.5 Å². The summed E-state index contributed by atoms with van der Waals surface area (Å²) in [6.07, 6.45) is 0.0575. The SMILES string of the molecule is N=C(C(=N)c1cccc2ccccc12)C(=O)C=O. The van der Waals surface area contributed by atoms with Gasteiger partial charge in [0.25, 0.3) is 0 Å². The molecule has 0 unspecified atom stereocenters. The molecule has 0 saturated carbocycles. The molecule has 0 radical (unpaired) electrons. The number of carbonyl (C=O) groups excluding carboxylic acids is 2. The van der Waals surface area contributed by atoms with Crippen molar-refractivity contribution in [3.63, 3.8) is 0 Å². The number of ketones is 1. The van der Waals surface area contributed by atoms with Gasteiger partial charge < -0.3 is 0 Å². The largest absolute Gasteiger partial charge is 0.298 e. The van der Waals surface area contributed by atoms with Crippen molar-refractivity contribution in [2.24, 2.45) is 0 Å². The number of aldehydes is 1. The first kappa shape index (κ1) is 11.9. The summed E-state index contributed by atoms with van der Waals surface area (Å²) in [6, 6.07) is 12.7. The molecule has 0 aliphatic rings. The lowest BCUT2D eigenvalue weighted by atomic mass is 9.97. The molecule has 0 aliphatic heterocycles. The quantitative estimate of drug-likeness (QED) is 0.485. The lowest BCUT2D eigenvalue weighted by Gasteiger charge is -2.07. The highest BCUT2D eigenvalue weighted by atomic mass is 16.2. The molecule has 2 aromatic rings. The average Bonchev–Trinajstić information content (AvgIpc) is 2.44. The van der Waals surface area contributed by atoms with Crippen molar-refractivity contribution in [1.82, 2.24) is 0 Å². The molecule has 18 heavy (non-hydrogen) atoms. The fourth-order valence-corrected chi connectivity index (χ4v) is 1.76. The maximum Gasteiger partial charge on any atom is 0.245 e. The van der Waals surface area contributed by atoms with Gasteiger partial charge in [-0.2, -0.15) is 0 Å². The monoisotopic (exact) mass is 238 g/mol. The van der Waals surface area contributed by atoms with E-state index in [9.17, 15) is 9.59 Å². The third-order valence-corrected chi connectivity index (χ3v) is 2.66. The van der Waals surface area contributed by atoms with Gasteiger partial charge in [-0.05, 0) is 10.8 Å². The van der Waals surface area contributed by atoms with E-state index in [1.165, 1.54) is 0 Å². The lowest BCUT2D eigenvalue weighted by molar-refractivity contribution is -0.125. The smallest absolute Gasteiger partial charge is 0.245 e. The van der Waals surface area contributed by atoms with Crippen molar-refractivity contribution in [3.05, 3.63) is 48.0 Å². The predicted octanol–water partition coefficient (Wildman–Crippen LogP) is 2.00. The molecule has 0 aliphatic carbocycles. The molecule has 0 atom stereocenters. The van der Waals surface area contributed by atoms with Gasteiger partial charge in [0.05, 0.1) is 5.71 Å². The van der Waals surface area contributed by atoms with Gasteiger partial charge >= 0.3 is 0 Å². The van der Waals surface area contributed by atoms with Crippen LogP contribution in [0, 0.1) is 10.8 Å². The number of nitrogens with one attached hydrogen (secondary N) is 2. The van der Waals surface area contributed by atoms with Gasteiger partial charge in [-0.15, -0.1) is 0 Å². The average molecular weight is 238 g/mol. The van der Waals surface area contributed by atoms with Gasteiger partial charge in [-0.1, -0.05) is 42.5 Å². The maximum atomic E-state index is 11.1. The summed E-state index contributed by atoms with van der Waals surface area (Å²) in [5, 5.41) is 17.1. The Morgan fingerprint density at radius 3 is 2.39 bits per heavy atom. The highest BCUT2D eigenvalue weighted by molar-refractivity contribution is 6.78. The number of benzene rings is 2. The second-order valence-electron chi connectivity index (χ2n) is 3.76. The van der Waals surface area contributed by atoms with Gasteiger partial charge in [0.1, 0.15) is 5.71 Å². The van der Waals surface area contributed by atoms with Crippen LogP contribution in [0.1, 0.15) is 5.56 Å². The fourth-order valence-electron chi connectivity index (χ4n) is 1.76. The second-order valence-corrected chi connectivity index (χ2v) is 3.76. The molecule has 2 N–H and O–H groups in total. The first-order valence-corrected chi connectivity index (χ1v) is 5.30. The Kier molecular flexibility index (Phi) is 3.10. The summed E-state index contributed by atoms with van der Waals surface area (Å²) in [7, 11) is 0. The summed E-state index contributed by atoms with van der Waals surface area (Å²) < 4.78 is 0. The molecular weight excluding hydrogens is 228 g/mol. The summed E-state index contributed by atoms with van der Waals surface area (Å²) in [5.74, 6) is -0.979. The molecule has 4 nitrogen and oxygen atoms in total. The molecule has 4 heteroatoms. The molecule has 0 bridgehead atoms. The maximum absolute atomic E-state index is 11.1.